The Morgan fingerprint density at radius 2 is 0.511 bits per heavy atom. The quantitative estimate of drug-likeness (QED) is 0.0222. The average molecular weight is 1380 g/mol. The number of ether oxygens (including phenoxy) is 4. The molecule has 3 N–H and O–H groups in total. The number of aliphatic hydroxyl groups excluding tert-OH is 1. The van der Waals surface area contributed by atoms with E-state index in [1.807, 2.05) is 0 Å². The molecule has 0 bridgehead atoms. The largest absolute Gasteiger partial charge is 0.472 e. The van der Waals surface area contributed by atoms with E-state index in [9.17, 15) is 43.2 Å². The molecule has 0 radical (unpaired) electrons. The Hall–Kier alpha value is -1.94. The summed E-state index contributed by atoms with van der Waals surface area (Å²) in [6, 6.07) is 0. The molecule has 0 saturated heterocycles. The summed E-state index contributed by atoms with van der Waals surface area (Å²) >= 11 is 0. The van der Waals surface area contributed by atoms with Crippen molar-refractivity contribution in [2.24, 2.45) is 5.92 Å². The predicted octanol–water partition coefficient (Wildman–Crippen LogP) is 22.1. The van der Waals surface area contributed by atoms with E-state index in [1.165, 1.54) is 218 Å². The number of esters is 4. The van der Waals surface area contributed by atoms with Gasteiger partial charge in [0.25, 0.3) is 0 Å². The zero-order chi connectivity index (χ0) is 69.1. The Bertz CT molecular complexity index is 1810. The molecular formula is C75H146O17P2. The van der Waals surface area contributed by atoms with Crippen molar-refractivity contribution in [2.75, 3.05) is 39.6 Å². The van der Waals surface area contributed by atoms with Crippen LogP contribution >= 0.6 is 15.6 Å². The zero-order valence-electron chi connectivity index (χ0n) is 61.1. The highest BCUT2D eigenvalue weighted by atomic mass is 31.2. The first-order valence-corrected chi connectivity index (χ1v) is 42.2. The first kappa shape index (κ1) is 92.1. The molecule has 0 aliphatic heterocycles. The Balaban J connectivity index is 5.20. The predicted molar refractivity (Wildman–Crippen MR) is 382 cm³/mol. The van der Waals surface area contributed by atoms with Crippen molar-refractivity contribution in [3.8, 4) is 0 Å². The molecule has 0 aliphatic rings. The Labute approximate surface area is 575 Å². The van der Waals surface area contributed by atoms with E-state index in [2.05, 4.69) is 34.6 Å². The van der Waals surface area contributed by atoms with Crippen LogP contribution in [0.1, 0.15) is 394 Å². The maximum Gasteiger partial charge on any atom is 0.472 e. The fourth-order valence-electron chi connectivity index (χ4n) is 11.5. The highest BCUT2D eigenvalue weighted by molar-refractivity contribution is 7.47. The molecule has 0 spiro atoms. The minimum Gasteiger partial charge on any atom is -0.462 e. The number of hydrogen-bond donors (Lipinski definition) is 3. The van der Waals surface area contributed by atoms with Gasteiger partial charge in [0, 0.05) is 25.7 Å². The minimum atomic E-state index is -4.96. The SMILES string of the molecule is CCCCCCCCCCCCCCCCCCCCCCC(=O)O[C@H](COC(=O)CCCCCCCCCCC(C)CC)COP(=O)(O)OC[C@@H](O)COP(=O)(O)OC[C@@H](COC(=O)CCCCCCCCCCCCC)OC(=O)CCCCCCCCCCCCC. The van der Waals surface area contributed by atoms with Crippen molar-refractivity contribution in [3.05, 3.63) is 0 Å². The molecule has 0 aliphatic carbocycles. The van der Waals surface area contributed by atoms with Gasteiger partial charge in [0.2, 0.25) is 0 Å². The smallest absolute Gasteiger partial charge is 0.462 e. The number of aliphatic hydroxyl groups is 1. The van der Waals surface area contributed by atoms with E-state index in [1.54, 1.807) is 0 Å². The van der Waals surface area contributed by atoms with Gasteiger partial charge in [0.15, 0.2) is 12.2 Å². The van der Waals surface area contributed by atoms with E-state index < -0.39 is 97.5 Å². The lowest BCUT2D eigenvalue weighted by Gasteiger charge is -2.21. The van der Waals surface area contributed by atoms with Gasteiger partial charge in [0.05, 0.1) is 26.4 Å². The van der Waals surface area contributed by atoms with Crippen molar-refractivity contribution in [2.45, 2.75) is 412 Å². The van der Waals surface area contributed by atoms with Gasteiger partial charge < -0.3 is 33.8 Å². The van der Waals surface area contributed by atoms with Gasteiger partial charge in [-0.1, -0.05) is 343 Å². The second-order valence-corrected chi connectivity index (χ2v) is 30.2. The van der Waals surface area contributed by atoms with Crippen LogP contribution in [0.15, 0.2) is 0 Å². The lowest BCUT2D eigenvalue weighted by molar-refractivity contribution is -0.161. The summed E-state index contributed by atoms with van der Waals surface area (Å²) in [5, 5.41) is 10.6. The van der Waals surface area contributed by atoms with Crippen LogP contribution in [0.2, 0.25) is 0 Å². The van der Waals surface area contributed by atoms with Gasteiger partial charge in [-0.25, -0.2) is 9.13 Å². The van der Waals surface area contributed by atoms with Gasteiger partial charge in [-0.2, -0.15) is 0 Å². The van der Waals surface area contributed by atoms with E-state index in [0.717, 1.165) is 95.8 Å². The normalized spacial score (nSPS) is 14.3. The van der Waals surface area contributed by atoms with Crippen molar-refractivity contribution in [1.82, 2.24) is 0 Å². The number of unbranched alkanes of at least 4 members (excludes halogenated alkanes) is 46. The maximum atomic E-state index is 13.1. The lowest BCUT2D eigenvalue weighted by Crippen LogP contribution is -2.30. The van der Waals surface area contributed by atoms with E-state index in [-0.39, 0.29) is 25.7 Å². The second kappa shape index (κ2) is 68.2. The summed E-state index contributed by atoms with van der Waals surface area (Å²) in [6.45, 7) is 7.28. The number of phosphoric acid groups is 2. The molecule has 558 valence electrons. The Kier molecular flexibility index (Phi) is 66.8. The minimum absolute atomic E-state index is 0.107. The molecule has 0 aromatic heterocycles. The van der Waals surface area contributed by atoms with Crippen LogP contribution in [-0.2, 0) is 65.4 Å². The molecule has 3 unspecified atom stereocenters. The molecule has 17 nitrogen and oxygen atoms in total. The average Bonchev–Trinajstić information content (AvgIpc) is 1.13. The van der Waals surface area contributed by atoms with Crippen molar-refractivity contribution < 1.29 is 80.2 Å². The topological polar surface area (TPSA) is 237 Å². The first-order chi connectivity index (χ1) is 45.6. The van der Waals surface area contributed by atoms with Crippen LogP contribution in [0.25, 0.3) is 0 Å². The third-order valence-electron chi connectivity index (χ3n) is 17.9. The van der Waals surface area contributed by atoms with Crippen LogP contribution in [0.5, 0.6) is 0 Å². The first-order valence-electron chi connectivity index (χ1n) is 39.2. The van der Waals surface area contributed by atoms with Crippen molar-refractivity contribution in [1.29, 1.82) is 0 Å². The fraction of sp³-hybridized carbons (Fsp3) is 0.947. The molecule has 19 heteroatoms. The number of hydrogen-bond acceptors (Lipinski definition) is 15. The van der Waals surface area contributed by atoms with E-state index in [0.29, 0.717) is 25.7 Å². The Morgan fingerprint density at radius 3 is 0.755 bits per heavy atom. The van der Waals surface area contributed by atoms with Crippen molar-refractivity contribution >= 4 is 39.5 Å². The van der Waals surface area contributed by atoms with E-state index >= 15 is 0 Å². The number of phosphoric ester groups is 2. The van der Waals surface area contributed by atoms with Gasteiger partial charge in [-0.15, -0.1) is 0 Å². The highest BCUT2D eigenvalue weighted by Crippen LogP contribution is 2.45. The molecule has 0 heterocycles. The summed E-state index contributed by atoms with van der Waals surface area (Å²) in [4.78, 5) is 72.7. The van der Waals surface area contributed by atoms with Crippen LogP contribution in [0.4, 0.5) is 0 Å². The van der Waals surface area contributed by atoms with Gasteiger partial charge >= 0.3 is 39.5 Å². The molecule has 0 saturated carbocycles. The molecule has 94 heavy (non-hydrogen) atoms. The summed E-state index contributed by atoms with van der Waals surface area (Å²) in [5.41, 5.74) is 0. The third kappa shape index (κ3) is 67.3. The molecule has 0 fully saturated rings. The number of rotatable bonds is 75. The summed E-state index contributed by atoms with van der Waals surface area (Å²) in [5.74, 6) is -1.34. The molecule has 0 rings (SSSR count). The number of carbonyl (C=O) groups is 4. The zero-order valence-corrected chi connectivity index (χ0v) is 62.9. The summed E-state index contributed by atoms with van der Waals surface area (Å²) < 4.78 is 68.5. The van der Waals surface area contributed by atoms with Crippen LogP contribution in [-0.4, -0.2) is 96.7 Å². The van der Waals surface area contributed by atoms with Crippen LogP contribution in [0.3, 0.4) is 0 Å². The molecule has 0 aromatic carbocycles. The second-order valence-electron chi connectivity index (χ2n) is 27.3. The monoisotopic (exact) mass is 1380 g/mol. The van der Waals surface area contributed by atoms with Crippen molar-refractivity contribution in [3.63, 3.8) is 0 Å². The third-order valence-corrected chi connectivity index (χ3v) is 19.8. The van der Waals surface area contributed by atoms with Gasteiger partial charge in [-0.3, -0.25) is 37.3 Å². The Morgan fingerprint density at radius 1 is 0.298 bits per heavy atom. The maximum absolute atomic E-state index is 13.1. The van der Waals surface area contributed by atoms with E-state index in [4.69, 9.17) is 37.0 Å². The molecule has 0 amide bonds. The highest BCUT2D eigenvalue weighted by Gasteiger charge is 2.30. The standard InChI is InChI=1S/C75H146O17P2/c1-6-10-13-16-19-22-25-26-27-28-29-30-31-32-33-36-39-46-51-56-61-75(80)92-71(65-86-73(78)59-54-49-44-41-40-42-47-52-57-68(5)9-4)67-90-94(83,84)88-63-69(76)62-87-93(81,82)89-66-70(91-74(79)60-55-50-45-38-35-24-21-18-15-12-8-3)64-85-72(77)58-53-48-43-37-34-23-20-17-14-11-7-2/h68-71,76H,6-67H2,1-5H3,(H,81,82)(H,83,84)/t68?,69-,70+,71+/m0/s1. The van der Waals surface area contributed by atoms with Gasteiger partial charge in [-0.05, 0) is 31.6 Å². The lowest BCUT2D eigenvalue weighted by atomic mass is 9.99. The molecular weight excluding hydrogens is 1230 g/mol. The summed E-state index contributed by atoms with van der Waals surface area (Å²) in [7, 11) is -9.91. The molecule has 6 atom stereocenters. The van der Waals surface area contributed by atoms with Gasteiger partial charge in [0.1, 0.15) is 19.3 Å². The molecule has 0 aromatic rings. The fourth-order valence-corrected chi connectivity index (χ4v) is 13.1. The number of carbonyl (C=O) groups excluding carboxylic acids is 4. The van der Waals surface area contributed by atoms with Crippen LogP contribution < -0.4 is 0 Å². The van der Waals surface area contributed by atoms with Crippen LogP contribution in [0, 0.1) is 5.92 Å². The summed E-state index contributed by atoms with van der Waals surface area (Å²) in [6.07, 6.45) is 56.8.